The molecule has 1 atom stereocenters. The van der Waals surface area contributed by atoms with Gasteiger partial charge in [-0.3, -0.25) is 4.98 Å². The van der Waals surface area contributed by atoms with E-state index in [9.17, 15) is 0 Å². The Morgan fingerprint density at radius 3 is 2.69 bits per heavy atom. The first-order chi connectivity index (χ1) is 7.86. The highest BCUT2D eigenvalue weighted by atomic mass is 15.1. The molecule has 0 aliphatic heterocycles. The van der Waals surface area contributed by atoms with Crippen molar-refractivity contribution in [1.29, 1.82) is 0 Å². The fourth-order valence-corrected chi connectivity index (χ4v) is 1.46. The molecule has 2 rings (SSSR count). The highest BCUT2D eigenvalue weighted by Gasteiger charge is 2.04. The van der Waals surface area contributed by atoms with Crippen LogP contribution in [-0.2, 0) is 6.54 Å². The van der Waals surface area contributed by atoms with Crippen molar-refractivity contribution in [3.63, 3.8) is 0 Å². The quantitative estimate of drug-likeness (QED) is 0.842. The first kappa shape index (κ1) is 10.7. The summed E-state index contributed by atoms with van der Waals surface area (Å²) in [6.45, 7) is 2.84. The van der Waals surface area contributed by atoms with Crippen LogP contribution in [0.5, 0.6) is 0 Å². The van der Waals surface area contributed by atoms with Crippen LogP contribution in [0.15, 0.2) is 42.9 Å². The van der Waals surface area contributed by atoms with Crippen LogP contribution in [0.25, 0.3) is 0 Å². The van der Waals surface area contributed by atoms with E-state index in [1.54, 1.807) is 18.6 Å². The first-order valence-electron chi connectivity index (χ1n) is 5.26. The lowest BCUT2D eigenvalue weighted by molar-refractivity contribution is 0.563. The molecule has 0 spiro atoms. The molecule has 0 aliphatic carbocycles. The van der Waals surface area contributed by atoms with Gasteiger partial charge in [0.1, 0.15) is 0 Å². The van der Waals surface area contributed by atoms with E-state index in [-0.39, 0.29) is 6.04 Å². The molecular weight excluding hydrogens is 200 g/mol. The van der Waals surface area contributed by atoms with Crippen LogP contribution in [0.2, 0.25) is 0 Å². The van der Waals surface area contributed by atoms with Gasteiger partial charge in [0.25, 0.3) is 0 Å². The topological polar surface area (TPSA) is 50.7 Å². The third-order valence-electron chi connectivity index (χ3n) is 2.42. The number of aromatic nitrogens is 3. The van der Waals surface area contributed by atoms with Gasteiger partial charge in [-0.05, 0) is 36.8 Å². The molecule has 4 nitrogen and oxygen atoms in total. The van der Waals surface area contributed by atoms with Crippen molar-refractivity contribution in [3.8, 4) is 0 Å². The van der Waals surface area contributed by atoms with E-state index >= 15 is 0 Å². The lowest BCUT2D eigenvalue weighted by Crippen LogP contribution is -2.18. The highest BCUT2D eigenvalue weighted by Crippen LogP contribution is 2.10. The van der Waals surface area contributed by atoms with Gasteiger partial charge in [-0.15, -0.1) is 0 Å². The van der Waals surface area contributed by atoms with Crippen molar-refractivity contribution in [2.45, 2.75) is 19.5 Å². The molecule has 1 N–H and O–H groups in total. The van der Waals surface area contributed by atoms with E-state index in [1.807, 2.05) is 24.3 Å². The second-order valence-corrected chi connectivity index (χ2v) is 3.60. The summed E-state index contributed by atoms with van der Waals surface area (Å²) in [6, 6.07) is 8.15. The van der Waals surface area contributed by atoms with Gasteiger partial charge in [-0.2, -0.15) is 10.2 Å². The number of nitrogens with one attached hydrogen (secondary N) is 1. The van der Waals surface area contributed by atoms with E-state index in [0.717, 1.165) is 12.2 Å². The van der Waals surface area contributed by atoms with Gasteiger partial charge in [0, 0.05) is 31.2 Å². The van der Waals surface area contributed by atoms with Crippen LogP contribution in [0, 0.1) is 0 Å². The number of hydrogen-bond donors (Lipinski definition) is 1. The zero-order chi connectivity index (χ0) is 11.2. The van der Waals surface area contributed by atoms with Crippen LogP contribution in [0.3, 0.4) is 0 Å². The van der Waals surface area contributed by atoms with Crippen molar-refractivity contribution in [1.82, 2.24) is 20.5 Å². The first-order valence-corrected chi connectivity index (χ1v) is 5.26. The molecule has 0 amide bonds. The molecular formula is C12H14N4. The van der Waals surface area contributed by atoms with Crippen LogP contribution in [0.1, 0.15) is 24.2 Å². The molecule has 16 heavy (non-hydrogen) atoms. The van der Waals surface area contributed by atoms with E-state index in [4.69, 9.17) is 0 Å². The van der Waals surface area contributed by atoms with Crippen LogP contribution in [-0.4, -0.2) is 15.2 Å². The maximum atomic E-state index is 4.02. The molecule has 4 heteroatoms. The zero-order valence-corrected chi connectivity index (χ0v) is 9.17. The van der Waals surface area contributed by atoms with Gasteiger partial charge in [0.2, 0.25) is 0 Å². The third-order valence-corrected chi connectivity index (χ3v) is 2.42. The summed E-state index contributed by atoms with van der Waals surface area (Å²) in [5, 5.41) is 11.2. The molecule has 0 fully saturated rings. The van der Waals surface area contributed by atoms with E-state index < -0.39 is 0 Å². The Labute approximate surface area is 94.8 Å². The van der Waals surface area contributed by atoms with Crippen molar-refractivity contribution >= 4 is 0 Å². The SMILES string of the molecule is CC(NCc1cccnn1)c1ccncc1. The Morgan fingerprint density at radius 1 is 1.19 bits per heavy atom. The van der Waals surface area contributed by atoms with Crippen LogP contribution in [0.4, 0.5) is 0 Å². The molecule has 2 aromatic rings. The van der Waals surface area contributed by atoms with Gasteiger partial charge in [0.05, 0.1) is 5.69 Å². The lowest BCUT2D eigenvalue weighted by Gasteiger charge is -2.13. The predicted octanol–water partition coefficient (Wildman–Crippen LogP) is 1.72. The minimum absolute atomic E-state index is 0.282. The Kier molecular flexibility index (Phi) is 3.56. The van der Waals surface area contributed by atoms with Gasteiger partial charge in [-0.25, -0.2) is 0 Å². The maximum absolute atomic E-state index is 4.02. The maximum Gasteiger partial charge on any atom is 0.0769 e. The van der Waals surface area contributed by atoms with Crippen LogP contribution >= 0.6 is 0 Å². The third kappa shape index (κ3) is 2.84. The average Bonchev–Trinajstić information content (AvgIpc) is 2.38. The molecule has 2 heterocycles. The summed E-state index contributed by atoms with van der Waals surface area (Å²) in [6.07, 6.45) is 5.28. The minimum Gasteiger partial charge on any atom is -0.304 e. The molecule has 0 bridgehead atoms. The summed E-state index contributed by atoms with van der Waals surface area (Å²) in [5.74, 6) is 0. The molecule has 0 aromatic carbocycles. The smallest absolute Gasteiger partial charge is 0.0769 e. The van der Waals surface area contributed by atoms with Crippen LogP contribution < -0.4 is 5.32 Å². The molecule has 0 aliphatic rings. The average molecular weight is 214 g/mol. The standard InChI is InChI=1S/C12H14N4/c1-10(11-4-7-13-8-5-11)14-9-12-3-2-6-15-16-12/h2-8,10,14H,9H2,1H3. The monoisotopic (exact) mass is 214 g/mol. The minimum atomic E-state index is 0.282. The predicted molar refractivity (Wildman–Crippen MR) is 61.5 cm³/mol. The normalized spacial score (nSPS) is 12.3. The van der Waals surface area contributed by atoms with Crippen molar-refractivity contribution in [2.24, 2.45) is 0 Å². The number of pyridine rings is 1. The molecule has 82 valence electrons. The molecule has 0 radical (unpaired) electrons. The fraction of sp³-hybridized carbons (Fsp3) is 0.250. The summed E-state index contributed by atoms with van der Waals surface area (Å²) in [4.78, 5) is 4.00. The largest absolute Gasteiger partial charge is 0.304 e. The molecule has 0 saturated heterocycles. The summed E-state index contributed by atoms with van der Waals surface area (Å²) < 4.78 is 0. The van der Waals surface area contributed by atoms with Gasteiger partial charge in [-0.1, -0.05) is 0 Å². The number of rotatable bonds is 4. The number of hydrogen-bond acceptors (Lipinski definition) is 4. The summed E-state index contributed by atoms with van der Waals surface area (Å²) in [7, 11) is 0. The molecule has 0 saturated carbocycles. The zero-order valence-electron chi connectivity index (χ0n) is 9.17. The van der Waals surface area contributed by atoms with Crippen molar-refractivity contribution < 1.29 is 0 Å². The second kappa shape index (κ2) is 5.32. The van der Waals surface area contributed by atoms with Crippen molar-refractivity contribution in [3.05, 3.63) is 54.1 Å². The Bertz CT molecular complexity index is 416. The van der Waals surface area contributed by atoms with E-state index in [1.165, 1.54) is 5.56 Å². The Balaban J connectivity index is 1.92. The van der Waals surface area contributed by atoms with Gasteiger partial charge in [0.15, 0.2) is 0 Å². The van der Waals surface area contributed by atoms with Gasteiger partial charge >= 0.3 is 0 Å². The molecule has 2 aromatic heterocycles. The number of nitrogens with zero attached hydrogens (tertiary/aromatic N) is 3. The lowest BCUT2D eigenvalue weighted by atomic mass is 10.1. The van der Waals surface area contributed by atoms with E-state index in [0.29, 0.717) is 0 Å². The molecule has 1 unspecified atom stereocenters. The Morgan fingerprint density at radius 2 is 2.00 bits per heavy atom. The van der Waals surface area contributed by atoms with Crippen molar-refractivity contribution in [2.75, 3.05) is 0 Å². The van der Waals surface area contributed by atoms with E-state index in [2.05, 4.69) is 27.4 Å². The Hall–Kier alpha value is -1.81. The highest BCUT2D eigenvalue weighted by molar-refractivity contribution is 5.14. The fourth-order valence-electron chi connectivity index (χ4n) is 1.46. The van der Waals surface area contributed by atoms with Gasteiger partial charge < -0.3 is 5.32 Å². The second-order valence-electron chi connectivity index (χ2n) is 3.60. The summed E-state index contributed by atoms with van der Waals surface area (Å²) in [5.41, 5.74) is 2.17. The summed E-state index contributed by atoms with van der Waals surface area (Å²) >= 11 is 0.